The fraction of sp³-hybridized carbons (Fsp3) is 0.571. The second kappa shape index (κ2) is 5.04. The van der Waals surface area contributed by atoms with Crippen LogP contribution in [0.4, 0.5) is 5.82 Å². The zero-order valence-electron chi connectivity index (χ0n) is 11.5. The third-order valence-electron chi connectivity index (χ3n) is 4.04. The first-order valence-electron chi connectivity index (χ1n) is 6.82. The summed E-state index contributed by atoms with van der Waals surface area (Å²) < 4.78 is 2.29. The summed E-state index contributed by atoms with van der Waals surface area (Å²) in [6.07, 6.45) is 11.3. The number of anilines is 1. The van der Waals surface area contributed by atoms with Crippen LogP contribution in [0.5, 0.6) is 0 Å². The summed E-state index contributed by atoms with van der Waals surface area (Å²) in [5.41, 5.74) is 2.09. The Morgan fingerprint density at radius 2 is 2.21 bits per heavy atom. The van der Waals surface area contributed by atoms with Crippen molar-refractivity contribution in [2.75, 3.05) is 18.1 Å². The normalized spacial score (nSPS) is 18.0. The topological polar surface area (TPSA) is 42.2 Å². The predicted octanol–water partition coefficient (Wildman–Crippen LogP) is 3.13. The molecular formula is C14H20N4S. The van der Waals surface area contributed by atoms with Crippen LogP contribution in [-0.2, 0) is 0 Å². The van der Waals surface area contributed by atoms with Gasteiger partial charge in [-0.25, -0.2) is 9.50 Å². The molecule has 2 aromatic heterocycles. The van der Waals surface area contributed by atoms with Crippen LogP contribution in [0.3, 0.4) is 0 Å². The number of hydrogen-bond donors (Lipinski definition) is 1. The highest BCUT2D eigenvalue weighted by Gasteiger charge is 2.32. The molecule has 4 nitrogen and oxygen atoms in total. The van der Waals surface area contributed by atoms with E-state index in [-0.39, 0.29) is 0 Å². The van der Waals surface area contributed by atoms with E-state index < -0.39 is 0 Å². The van der Waals surface area contributed by atoms with Gasteiger partial charge in [-0.3, -0.25) is 0 Å². The van der Waals surface area contributed by atoms with Crippen molar-refractivity contribution in [1.82, 2.24) is 14.6 Å². The standard InChI is InChI=1S/C14H20N4S/c1-11-9-12-13(15-7-8-18(12)17-11)16-10-14(19-2)5-3-4-6-14/h7-9H,3-6,10H2,1-2H3,(H,15,16). The van der Waals surface area contributed by atoms with Crippen molar-refractivity contribution in [1.29, 1.82) is 0 Å². The third kappa shape index (κ3) is 2.43. The van der Waals surface area contributed by atoms with Crippen molar-refractivity contribution >= 4 is 23.1 Å². The monoisotopic (exact) mass is 276 g/mol. The van der Waals surface area contributed by atoms with Gasteiger partial charge in [-0.05, 0) is 32.1 Å². The fourth-order valence-electron chi connectivity index (χ4n) is 2.90. The van der Waals surface area contributed by atoms with E-state index in [2.05, 4.69) is 27.7 Å². The second-order valence-electron chi connectivity index (χ2n) is 5.34. The second-order valence-corrected chi connectivity index (χ2v) is 6.61. The minimum absolute atomic E-state index is 0.392. The smallest absolute Gasteiger partial charge is 0.152 e. The highest BCUT2D eigenvalue weighted by atomic mass is 32.2. The Balaban J connectivity index is 1.81. The number of nitrogens with zero attached hydrogens (tertiary/aromatic N) is 3. The summed E-state index contributed by atoms with van der Waals surface area (Å²) in [5, 5.41) is 7.96. The van der Waals surface area contributed by atoms with Gasteiger partial charge in [-0.15, -0.1) is 0 Å². The lowest BCUT2D eigenvalue weighted by Gasteiger charge is -2.27. The molecule has 5 heteroatoms. The first-order valence-corrected chi connectivity index (χ1v) is 8.05. The van der Waals surface area contributed by atoms with Crippen molar-refractivity contribution < 1.29 is 0 Å². The summed E-state index contributed by atoms with van der Waals surface area (Å²) >= 11 is 2.00. The van der Waals surface area contributed by atoms with Crippen molar-refractivity contribution in [3.63, 3.8) is 0 Å². The number of hydrogen-bond acceptors (Lipinski definition) is 4. The highest BCUT2D eigenvalue weighted by Crippen LogP contribution is 2.40. The Morgan fingerprint density at radius 3 is 2.95 bits per heavy atom. The molecule has 3 rings (SSSR count). The van der Waals surface area contributed by atoms with Crippen LogP contribution in [0.25, 0.3) is 5.52 Å². The molecule has 1 aliphatic rings. The molecule has 0 amide bonds. The third-order valence-corrected chi connectivity index (χ3v) is 5.46. The molecule has 0 aromatic carbocycles. The van der Waals surface area contributed by atoms with Crippen molar-refractivity contribution in [2.24, 2.45) is 0 Å². The quantitative estimate of drug-likeness (QED) is 0.931. The Kier molecular flexibility index (Phi) is 3.39. The number of rotatable bonds is 4. The maximum atomic E-state index is 4.47. The lowest BCUT2D eigenvalue weighted by molar-refractivity contribution is 0.638. The van der Waals surface area contributed by atoms with E-state index in [1.165, 1.54) is 25.7 Å². The maximum absolute atomic E-state index is 4.47. The van der Waals surface area contributed by atoms with Gasteiger partial charge in [0, 0.05) is 23.7 Å². The Labute approximate surface area is 118 Å². The number of nitrogens with one attached hydrogen (secondary N) is 1. The average molecular weight is 276 g/mol. The van der Waals surface area contributed by atoms with E-state index in [1.807, 2.05) is 35.6 Å². The molecule has 0 saturated heterocycles. The molecule has 0 atom stereocenters. The summed E-state index contributed by atoms with van der Waals surface area (Å²) in [6, 6.07) is 2.08. The van der Waals surface area contributed by atoms with E-state index in [4.69, 9.17) is 0 Å². The van der Waals surface area contributed by atoms with E-state index in [1.54, 1.807) is 0 Å². The maximum Gasteiger partial charge on any atom is 0.152 e. The van der Waals surface area contributed by atoms with Gasteiger partial charge in [0.25, 0.3) is 0 Å². The average Bonchev–Trinajstić information content (AvgIpc) is 3.02. The molecule has 0 spiro atoms. The first kappa shape index (κ1) is 12.8. The molecule has 1 aliphatic carbocycles. The van der Waals surface area contributed by atoms with Crippen LogP contribution in [0.15, 0.2) is 18.5 Å². The van der Waals surface area contributed by atoms with Gasteiger partial charge in [0.15, 0.2) is 5.82 Å². The van der Waals surface area contributed by atoms with Gasteiger partial charge in [0.1, 0.15) is 5.52 Å². The van der Waals surface area contributed by atoms with Gasteiger partial charge in [-0.1, -0.05) is 12.8 Å². The van der Waals surface area contributed by atoms with E-state index in [0.29, 0.717) is 4.75 Å². The Morgan fingerprint density at radius 1 is 1.42 bits per heavy atom. The Bertz CT molecular complexity index is 572. The molecule has 1 saturated carbocycles. The lowest BCUT2D eigenvalue weighted by Crippen LogP contribution is -2.30. The van der Waals surface area contributed by atoms with Crippen LogP contribution in [0.1, 0.15) is 31.4 Å². The zero-order chi connectivity index (χ0) is 13.3. The number of fused-ring (bicyclic) bond motifs is 1. The fourth-order valence-corrected chi connectivity index (χ4v) is 3.81. The molecule has 1 fully saturated rings. The summed E-state index contributed by atoms with van der Waals surface area (Å²) in [4.78, 5) is 4.47. The molecule has 0 aliphatic heterocycles. The van der Waals surface area contributed by atoms with Crippen LogP contribution in [0, 0.1) is 6.92 Å². The van der Waals surface area contributed by atoms with E-state index in [0.717, 1.165) is 23.6 Å². The van der Waals surface area contributed by atoms with Crippen LogP contribution in [-0.4, -0.2) is 32.1 Å². The molecule has 0 unspecified atom stereocenters. The largest absolute Gasteiger partial charge is 0.367 e. The van der Waals surface area contributed by atoms with E-state index in [9.17, 15) is 0 Å². The lowest BCUT2D eigenvalue weighted by atomic mass is 10.1. The van der Waals surface area contributed by atoms with Gasteiger partial charge < -0.3 is 5.32 Å². The number of thioether (sulfide) groups is 1. The molecular weight excluding hydrogens is 256 g/mol. The van der Waals surface area contributed by atoms with Gasteiger partial charge in [-0.2, -0.15) is 16.9 Å². The summed E-state index contributed by atoms with van der Waals surface area (Å²) in [5.74, 6) is 0.948. The highest BCUT2D eigenvalue weighted by molar-refractivity contribution is 8.00. The van der Waals surface area contributed by atoms with E-state index >= 15 is 0 Å². The predicted molar refractivity (Wildman–Crippen MR) is 80.9 cm³/mol. The van der Waals surface area contributed by atoms with Gasteiger partial charge in [0.2, 0.25) is 0 Å². The van der Waals surface area contributed by atoms with Gasteiger partial charge in [0.05, 0.1) is 5.69 Å². The van der Waals surface area contributed by atoms with Crippen molar-refractivity contribution in [3.8, 4) is 0 Å². The summed E-state index contributed by atoms with van der Waals surface area (Å²) in [6.45, 7) is 3.00. The minimum Gasteiger partial charge on any atom is -0.367 e. The van der Waals surface area contributed by atoms with Crippen molar-refractivity contribution in [3.05, 3.63) is 24.2 Å². The molecule has 2 aromatic rings. The SMILES string of the molecule is CSC1(CNc2nccn3nc(C)cc23)CCCC1. The molecule has 0 bridgehead atoms. The molecule has 2 heterocycles. The van der Waals surface area contributed by atoms with Crippen LogP contribution < -0.4 is 5.32 Å². The molecule has 1 N–H and O–H groups in total. The molecule has 19 heavy (non-hydrogen) atoms. The summed E-state index contributed by atoms with van der Waals surface area (Å²) in [7, 11) is 0. The van der Waals surface area contributed by atoms with Crippen LogP contribution in [0.2, 0.25) is 0 Å². The zero-order valence-corrected chi connectivity index (χ0v) is 12.3. The van der Waals surface area contributed by atoms with Crippen molar-refractivity contribution in [2.45, 2.75) is 37.4 Å². The molecule has 0 radical (unpaired) electrons. The molecule has 102 valence electrons. The van der Waals surface area contributed by atoms with Crippen LogP contribution >= 0.6 is 11.8 Å². The van der Waals surface area contributed by atoms with Gasteiger partial charge >= 0.3 is 0 Å². The Hall–Kier alpha value is -1.23. The number of aryl methyl sites for hydroxylation is 1. The number of aromatic nitrogens is 3. The minimum atomic E-state index is 0.392. The first-order chi connectivity index (χ1) is 9.22.